The molecule has 2 atom stereocenters. The van der Waals surface area contributed by atoms with Gasteiger partial charge in [-0.15, -0.1) is 0 Å². The Morgan fingerprint density at radius 3 is 2.42 bits per heavy atom. The SMILES string of the molecule is CCC(C)C(CN)Nc1cc(Cl)cc(C(F)(F)F)c1. The van der Waals surface area contributed by atoms with Gasteiger partial charge in [-0.2, -0.15) is 13.2 Å². The summed E-state index contributed by atoms with van der Waals surface area (Å²) in [6.45, 7) is 4.36. The van der Waals surface area contributed by atoms with Crippen molar-refractivity contribution in [2.45, 2.75) is 32.5 Å². The lowest BCUT2D eigenvalue weighted by Crippen LogP contribution is -2.34. The molecule has 0 bridgehead atoms. The molecule has 1 rings (SSSR count). The lowest BCUT2D eigenvalue weighted by atomic mass is 9.99. The van der Waals surface area contributed by atoms with Crippen LogP contribution in [0.5, 0.6) is 0 Å². The minimum absolute atomic E-state index is 0.0530. The van der Waals surface area contributed by atoms with Crippen molar-refractivity contribution in [1.29, 1.82) is 0 Å². The zero-order chi connectivity index (χ0) is 14.6. The normalized spacial score (nSPS) is 15.1. The first-order chi connectivity index (χ1) is 8.77. The van der Waals surface area contributed by atoms with Crippen molar-refractivity contribution in [3.63, 3.8) is 0 Å². The lowest BCUT2D eigenvalue weighted by Gasteiger charge is -2.24. The van der Waals surface area contributed by atoms with E-state index in [1.807, 2.05) is 13.8 Å². The third-order valence-corrected chi connectivity index (χ3v) is 3.38. The van der Waals surface area contributed by atoms with Gasteiger partial charge in [0.05, 0.1) is 5.56 Å². The molecular formula is C13H18ClF3N2. The second-order valence-corrected chi connectivity index (χ2v) is 5.03. The van der Waals surface area contributed by atoms with Crippen molar-refractivity contribution in [2.75, 3.05) is 11.9 Å². The zero-order valence-electron chi connectivity index (χ0n) is 10.9. The van der Waals surface area contributed by atoms with Gasteiger partial charge >= 0.3 is 6.18 Å². The van der Waals surface area contributed by atoms with E-state index < -0.39 is 11.7 Å². The van der Waals surface area contributed by atoms with Gasteiger partial charge < -0.3 is 11.1 Å². The number of hydrogen-bond donors (Lipinski definition) is 2. The Kier molecular flexibility index (Phi) is 5.50. The van der Waals surface area contributed by atoms with Crippen LogP contribution in [0, 0.1) is 5.92 Å². The Morgan fingerprint density at radius 2 is 1.95 bits per heavy atom. The molecule has 0 fully saturated rings. The minimum atomic E-state index is -4.41. The molecule has 0 amide bonds. The summed E-state index contributed by atoms with van der Waals surface area (Å²) < 4.78 is 38.0. The Morgan fingerprint density at radius 1 is 1.32 bits per heavy atom. The Hall–Kier alpha value is -0.940. The topological polar surface area (TPSA) is 38.0 Å². The first kappa shape index (κ1) is 16.1. The Bertz CT molecular complexity index is 421. The van der Waals surface area contributed by atoms with Gasteiger partial charge in [0.25, 0.3) is 0 Å². The summed E-state index contributed by atoms with van der Waals surface area (Å²) in [5, 5.41) is 3.08. The molecule has 0 aliphatic heterocycles. The average Bonchev–Trinajstić information content (AvgIpc) is 2.33. The van der Waals surface area contributed by atoms with E-state index in [1.54, 1.807) is 0 Å². The molecule has 0 spiro atoms. The van der Waals surface area contributed by atoms with Crippen LogP contribution in [0.2, 0.25) is 5.02 Å². The van der Waals surface area contributed by atoms with Crippen LogP contribution in [0.4, 0.5) is 18.9 Å². The highest BCUT2D eigenvalue weighted by Gasteiger charge is 2.31. The van der Waals surface area contributed by atoms with Crippen LogP contribution in [0.25, 0.3) is 0 Å². The minimum Gasteiger partial charge on any atom is -0.381 e. The lowest BCUT2D eigenvalue weighted by molar-refractivity contribution is -0.137. The fraction of sp³-hybridized carbons (Fsp3) is 0.538. The van der Waals surface area contributed by atoms with Gasteiger partial charge in [0.1, 0.15) is 0 Å². The number of alkyl halides is 3. The molecular weight excluding hydrogens is 277 g/mol. The van der Waals surface area contributed by atoms with Crippen molar-refractivity contribution in [3.05, 3.63) is 28.8 Å². The van der Waals surface area contributed by atoms with Crippen LogP contribution in [-0.2, 0) is 6.18 Å². The summed E-state index contributed by atoms with van der Waals surface area (Å²) in [5.41, 5.74) is 5.22. The monoisotopic (exact) mass is 294 g/mol. The summed E-state index contributed by atoms with van der Waals surface area (Å²) in [6.07, 6.45) is -3.52. The molecule has 0 saturated carbocycles. The number of rotatable bonds is 5. The molecule has 108 valence electrons. The van der Waals surface area contributed by atoms with E-state index >= 15 is 0 Å². The van der Waals surface area contributed by atoms with Gasteiger partial charge in [-0.3, -0.25) is 0 Å². The van der Waals surface area contributed by atoms with Crippen molar-refractivity contribution < 1.29 is 13.2 Å². The highest BCUT2D eigenvalue weighted by molar-refractivity contribution is 6.30. The molecule has 19 heavy (non-hydrogen) atoms. The third-order valence-electron chi connectivity index (χ3n) is 3.16. The fourth-order valence-electron chi connectivity index (χ4n) is 1.77. The van der Waals surface area contributed by atoms with Crippen molar-refractivity contribution >= 4 is 17.3 Å². The summed E-state index contributed by atoms with van der Waals surface area (Å²) >= 11 is 5.72. The molecule has 0 radical (unpaired) electrons. The largest absolute Gasteiger partial charge is 0.416 e. The number of hydrogen-bond acceptors (Lipinski definition) is 2. The number of nitrogens with one attached hydrogen (secondary N) is 1. The summed E-state index contributed by atoms with van der Waals surface area (Å²) in [6, 6.07) is 3.36. The standard InChI is InChI=1S/C13H18ClF3N2/c1-3-8(2)12(7-18)19-11-5-9(13(15,16)17)4-10(14)6-11/h4-6,8,12,19H,3,7,18H2,1-2H3. The van der Waals surface area contributed by atoms with Crippen LogP contribution in [0.15, 0.2) is 18.2 Å². The van der Waals surface area contributed by atoms with Crippen LogP contribution < -0.4 is 11.1 Å². The molecule has 0 aliphatic rings. The van der Waals surface area contributed by atoms with E-state index in [-0.39, 0.29) is 17.0 Å². The maximum absolute atomic E-state index is 12.7. The van der Waals surface area contributed by atoms with Crippen LogP contribution in [-0.4, -0.2) is 12.6 Å². The molecule has 2 nitrogen and oxygen atoms in total. The quantitative estimate of drug-likeness (QED) is 0.856. The van der Waals surface area contributed by atoms with Crippen LogP contribution in [0.1, 0.15) is 25.8 Å². The molecule has 0 aliphatic carbocycles. The van der Waals surface area contributed by atoms with Gasteiger partial charge in [-0.05, 0) is 24.1 Å². The van der Waals surface area contributed by atoms with Gasteiger partial charge in [0.15, 0.2) is 0 Å². The summed E-state index contributed by atoms with van der Waals surface area (Å²) in [7, 11) is 0. The van der Waals surface area contributed by atoms with E-state index in [0.717, 1.165) is 18.6 Å². The Labute approximate surface area is 116 Å². The van der Waals surface area contributed by atoms with E-state index in [0.29, 0.717) is 12.2 Å². The third kappa shape index (κ3) is 4.58. The molecule has 2 unspecified atom stereocenters. The van der Waals surface area contributed by atoms with Gasteiger partial charge in [-0.1, -0.05) is 31.9 Å². The maximum atomic E-state index is 12.7. The zero-order valence-corrected chi connectivity index (χ0v) is 11.6. The fourth-order valence-corrected chi connectivity index (χ4v) is 2.00. The van der Waals surface area contributed by atoms with Gasteiger partial charge in [-0.25, -0.2) is 0 Å². The first-order valence-electron chi connectivity index (χ1n) is 6.12. The molecule has 0 heterocycles. The van der Waals surface area contributed by atoms with E-state index in [9.17, 15) is 13.2 Å². The van der Waals surface area contributed by atoms with E-state index in [2.05, 4.69) is 5.32 Å². The molecule has 1 aromatic carbocycles. The number of halogens is 4. The highest BCUT2D eigenvalue weighted by Crippen LogP contribution is 2.33. The number of anilines is 1. The first-order valence-corrected chi connectivity index (χ1v) is 6.50. The molecule has 3 N–H and O–H groups in total. The van der Waals surface area contributed by atoms with Crippen molar-refractivity contribution in [2.24, 2.45) is 11.7 Å². The predicted molar refractivity (Wildman–Crippen MR) is 72.4 cm³/mol. The Balaban J connectivity index is 2.98. The van der Waals surface area contributed by atoms with Gasteiger partial charge in [0, 0.05) is 23.3 Å². The van der Waals surface area contributed by atoms with E-state index in [4.69, 9.17) is 17.3 Å². The second-order valence-electron chi connectivity index (χ2n) is 4.60. The number of benzene rings is 1. The van der Waals surface area contributed by atoms with E-state index in [1.165, 1.54) is 6.07 Å². The van der Waals surface area contributed by atoms with Crippen LogP contribution in [0.3, 0.4) is 0 Å². The second kappa shape index (κ2) is 6.48. The molecule has 1 aromatic rings. The van der Waals surface area contributed by atoms with Crippen molar-refractivity contribution in [3.8, 4) is 0 Å². The average molecular weight is 295 g/mol. The summed E-state index contributed by atoms with van der Waals surface area (Å²) in [4.78, 5) is 0. The van der Waals surface area contributed by atoms with Crippen LogP contribution >= 0.6 is 11.6 Å². The smallest absolute Gasteiger partial charge is 0.381 e. The molecule has 0 aromatic heterocycles. The van der Waals surface area contributed by atoms with Crippen molar-refractivity contribution in [1.82, 2.24) is 0 Å². The molecule has 6 heteroatoms. The maximum Gasteiger partial charge on any atom is 0.416 e. The highest BCUT2D eigenvalue weighted by atomic mass is 35.5. The number of nitrogens with two attached hydrogens (primary N) is 1. The molecule has 0 saturated heterocycles. The summed E-state index contributed by atoms with van der Waals surface area (Å²) in [5.74, 6) is 0.262. The van der Waals surface area contributed by atoms with Gasteiger partial charge in [0.2, 0.25) is 0 Å². The predicted octanol–water partition coefficient (Wildman–Crippen LogP) is 4.14.